The van der Waals surface area contributed by atoms with E-state index in [0.29, 0.717) is 35.4 Å². The summed E-state index contributed by atoms with van der Waals surface area (Å²) in [5, 5.41) is 7.36. The minimum Gasteiger partial charge on any atom is -0.493 e. The number of ether oxygens (including phenoxy) is 2. The van der Waals surface area contributed by atoms with Crippen LogP contribution < -0.4 is 20.2 Å². The van der Waals surface area contributed by atoms with E-state index in [1.807, 2.05) is 24.3 Å². The van der Waals surface area contributed by atoms with Crippen molar-refractivity contribution in [2.24, 2.45) is 7.05 Å². The highest BCUT2D eigenvalue weighted by atomic mass is 16.5. The molecule has 7 nitrogen and oxygen atoms in total. The molecule has 0 atom stereocenters. The van der Waals surface area contributed by atoms with Gasteiger partial charge in [0.2, 0.25) is 5.43 Å². The first-order valence-electron chi connectivity index (χ1n) is 8.50. The first-order chi connectivity index (χ1) is 13.0. The van der Waals surface area contributed by atoms with Gasteiger partial charge >= 0.3 is 0 Å². The molecule has 1 N–H and O–H groups in total. The van der Waals surface area contributed by atoms with E-state index in [2.05, 4.69) is 10.4 Å². The van der Waals surface area contributed by atoms with Crippen molar-refractivity contribution in [3.8, 4) is 11.5 Å². The SMILES string of the molecule is COc1ccc(CCNC(=O)c2nn(C)c3ccccc3c2=O)cc1OC. The van der Waals surface area contributed by atoms with Crippen LogP contribution in [0.25, 0.3) is 10.9 Å². The lowest BCUT2D eigenvalue weighted by Gasteiger charge is -2.10. The number of aromatic nitrogens is 2. The first kappa shape index (κ1) is 18.4. The summed E-state index contributed by atoms with van der Waals surface area (Å²) in [4.78, 5) is 25.0. The fourth-order valence-electron chi connectivity index (χ4n) is 2.91. The van der Waals surface area contributed by atoms with Crippen LogP contribution in [0, 0.1) is 0 Å². The van der Waals surface area contributed by atoms with Gasteiger partial charge in [0.05, 0.1) is 19.7 Å². The summed E-state index contributed by atoms with van der Waals surface area (Å²) < 4.78 is 12.0. The maximum Gasteiger partial charge on any atom is 0.275 e. The fraction of sp³-hybridized carbons (Fsp3) is 0.250. The second kappa shape index (κ2) is 7.90. The Morgan fingerprint density at radius 2 is 1.85 bits per heavy atom. The molecule has 1 aromatic heterocycles. The number of rotatable bonds is 6. The summed E-state index contributed by atoms with van der Waals surface area (Å²) in [7, 11) is 4.86. The first-order valence-corrected chi connectivity index (χ1v) is 8.50. The van der Waals surface area contributed by atoms with Crippen LogP contribution in [0.2, 0.25) is 0 Å². The molecule has 0 unspecified atom stereocenters. The van der Waals surface area contributed by atoms with E-state index >= 15 is 0 Å². The summed E-state index contributed by atoms with van der Waals surface area (Å²) in [6.45, 7) is 0.367. The number of hydrogen-bond donors (Lipinski definition) is 1. The Bertz CT molecular complexity index is 1040. The third-order valence-corrected chi connectivity index (χ3v) is 4.32. The number of nitrogens with zero attached hydrogens (tertiary/aromatic N) is 2. The molecule has 27 heavy (non-hydrogen) atoms. The van der Waals surface area contributed by atoms with Gasteiger partial charge in [-0.05, 0) is 36.2 Å². The van der Waals surface area contributed by atoms with Gasteiger partial charge in [0.1, 0.15) is 0 Å². The molecule has 1 amide bonds. The Morgan fingerprint density at radius 1 is 1.11 bits per heavy atom. The topological polar surface area (TPSA) is 82.5 Å². The van der Waals surface area contributed by atoms with Gasteiger partial charge < -0.3 is 14.8 Å². The molecule has 7 heteroatoms. The fourth-order valence-corrected chi connectivity index (χ4v) is 2.91. The second-order valence-corrected chi connectivity index (χ2v) is 6.01. The number of methoxy groups -OCH3 is 2. The van der Waals surface area contributed by atoms with Gasteiger partial charge in [0.25, 0.3) is 5.91 Å². The van der Waals surface area contributed by atoms with Gasteiger partial charge in [-0.25, -0.2) is 0 Å². The summed E-state index contributed by atoms with van der Waals surface area (Å²) in [6.07, 6.45) is 0.583. The zero-order valence-corrected chi connectivity index (χ0v) is 15.5. The van der Waals surface area contributed by atoms with Crippen molar-refractivity contribution in [3.05, 3.63) is 63.9 Å². The Balaban J connectivity index is 1.73. The number of amides is 1. The Morgan fingerprint density at radius 3 is 2.59 bits per heavy atom. The molecule has 0 saturated carbocycles. The standard InChI is InChI=1S/C20H21N3O4/c1-23-15-7-5-4-6-14(15)19(24)18(22-23)20(25)21-11-10-13-8-9-16(26-2)17(12-13)27-3/h4-9,12H,10-11H2,1-3H3,(H,21,25). The molecule has 3 aromatic rings. The predicted octanol–water partition coefficient (Wildman–Crippen LogP) is 1.92. The van der Waals surface area contributed by atoms with Crippen LogP contribution in [-0.4, -0.2) is 36.5 Å². The van der Waals surface area contributed by atoms with Gasteiger partial charge in [-0.2, -0.15) is 5.10 Å². The lowest BCUT2D eigenvalue weighted by molar-refractivity contribution is 0.0946. The molecule has 0 aliphatic heterocycles. The van der Waals surface area contributed by atoms with Crippen LogP contribution in [0.3, 0.4) is 0 Å². The van der Waals surface area contributed by atoms with Gasteiger partial charge in [-0.15, -0.1) is 0 Å². The van der Waals surface area contributed by atoms with E-state index in [9.17, 15) is 9.59 Å². The Labute approximate surface area is 156 Å². The van der Waals surface area contributed by atoms with E-state index in [1.165, 1.54) is 0 Å². The van der Waals surface area contributed by atoms with E-state index in [1.54, 1.807) is 44.1 Å². The molecule has 140 valence electrons. The third-order valence-electron chi connectivity index (χ3n) is 4.32. The zero-order chi connectivity index (χ0) is 19.4. The van der Waals surface area contributed by atoms with E-state index in [0.717, 1.165) is 5.56 Å². The molecule has 0 radical (unpaired) electrons. The molecule has 0 spiro atoms. The monoisotopic (exact) mass is 367 g/mol. The third kappa shape index (κ3) is 3.76. The van der Waals surface area contributed by atoms with Crippen molar-refractivity contribution in [1.29, 1.82) is 0 Å². The molecule has 0 bridgehead atoms. The number of benzene rings is 2. The molecule has 0 saturated heterocycles. The largest absolute Gasteiger partial charge is 0.493 e. The van der Waals surface area contributed by atoms with Gasteiger partial charge in [0, 0.05) is 19.0 Å². The summed E-state index contributed by atoms with van der Waals surface area (Å²) >= 11 is 0. The highest BCUT2D eigenvalue weighted by Gasteiger charge is 2.16. The molecule has 3 rings (SSSR count). The average Bonchev–Trinajstić information content (AvgIpc) is 2.70. The number of carbonyl (C=O) groups excluding carboxylic acids is 1. The van der Waals surface area contributed by atoms with Crippen LogP contribution in [-0.2, 0) is 13.5 Å². The normalized spacial score (nSPS) is 10.6. The van der Waals surface area contributed by atoms with Crippen LogP contribution in [0.15, 0.2) is 47.3 Å². The number of nitrogens with one attached hydrogen (secondary N) is 1. The van der Waals surface area contributed by atoms with Crippen molar-refractivity contribution >= 4 is 16.8 Å². The van der Waals surface area contributed by atoms with Gasteiger partial charge in [-0.1, -0.05) is 18.2 Å². The minimum atomic E-state index is -0.484. The average molecular weight is 367 g/mol. The Hall–Kier alpha value is -3.35. The highest BCUT2D eigenvalue weighted by molar-refractivity contribution is 5.95. The van der Waals surface area contributed by atoms with E-state index in [4.69, 9.17) is 9.47 Å². The number of hydrogen-bond acceptors (Lipinski definition) is 5. The number of para-hydroxylation sites is 1. The van der Waals surface area contributed by atoms with Crippen LogP contribution >= 0.6 is 0 Å². The van der Waals surface area contributed by atoms with Crippen molar-refractivity contribution in [3.63, 3.8) is 0 Å². The molecule has 2 aromatic carbocycles. The molecule has 0 fully saturated rings. The summed E-state index contributed by atoms with van der Waals surface area (Å²) in [6, 6.07) is 12.7. The quantitative estimate of drug-likeness (QED) is 0.720. The molecule has 0 aliphatic rings. The molecule has 1 heterocycles. The molecular formula is C20H21N3O4. The van der Waals surface area contributed by atoms with Crippen molar-refractivity contribution in [1.82, 2.24) is 15.1 Å². The lowest BCUT2D eigenvalue weighted by Crippen LogP contribution is -2.33. The number of carbonyl (C=O) groups is 1. The smallest absolute Gasteiger partial charge is 0.275 e. The number of aryl methyl sites for hydroxylation is 1. The van der Waals surface area contributed by atoms with Crippen LogP contribution in [0.5, 0.6) is 11.5 Å². The van der Waals surface area contributed by atoms with Crippen LogP contribution in [0.4, 0.5) is 0 Å². The van der Waals surface area contributed by atoms with Gasteiger partial charge in [-0.3, -0.25) is 14.3 Å². The van der Waals surface area contributed by atoms with E-state index < -0.39 is 5.91 Å². The van der Waals surface area contributed by atoms with Crippen molar-refractivity contribution in [2.45, 2.75) is 6.42 Å². The summed E-state index contributed by atoms with van der Waals surface area (Å²) in [5.41, 5.74) is 1.19. The minimum absolute atomic E-state index is 0.108. The highest BCUT2D eigenvalue weighted by Crippen LogP contribution is 2.27. The second-order valence-electron chi connectivity index (χ2n) is 6.01. The molecular weight excluding hydrogens is 346 g/mol. The Kier molecular flexibility index (Phi) is 5.40. The van der Waals surface area contributed by atoms with Gasteiger partial charge in [0.15, 0.2) is 17.2 Å². The van der Waals surface area contributed by atoms with Crippen LogP contribution in [0.1, 0.15) is 16.1 Å². The maximum atomic E-state index is 12.5. The van der Waals surface area contributed by atoms with Crippen molar-refractivity contribution < 1.29 is 14.3 Å². The predicted molar refractivity (Wildman–Crippen MR) is 103 cm³/mol. The summed E-state index contributed by atoms with van der Waals surface area (Å²) in [5.74, 6) is 0.794. The maximum absolute atomic E-state index is 12.5. The molecule has 0 aliphatic carbocycles. The number of fused-ring (bicyclic) bond motifs is 1. The van der Waals surface area contributed by atoms with Crippen molar-refractivity contribution in [2.75, 3.05) is 20.8 Å². The van der Waals surface area contributed by atoms with E-state index in [-0.39, 0.29) is 11.1 Å². The lowest BCUT2D eigenvalue weighted by atomic mass is 10.1. The zero-order valence-electron chi connectivity index (χ0n) is 15.5.